The molecule has 2 aliphatic carbocycles. The summed E-state index contributed by atoms with van der Waals surface area (Å²) in [6.45, 7) is 4.86. The fraction of sp³-hybridized carbons (Fsp3) is 1.00. The molecular formula is C15H29NS. The summed E-state index contributed by atoms with van der Waals surface area (Å²) < 4.78 is 0. The molecule has 0 saturated heterocycles. The van der Waals surface area contributed by atoms with Gasteiger partial charge in [-0.25, -0.2) is 0 Å². The highest BCUT2D eigenvalue weighted by molar-refractivity contribution is 7.99. The molecule has 2 heteroatoms. The van der Waals surface area contributed by atoms with Crippen LogP contribution >= 0.6 is 11.8 Å². The van der Waals surface area contributed by atoms with Crippen molar-refractivity contribution in [3.8, 4) is 0 Å². The van der Waals surface area contributed by atoms with Gasteiger partial charge < -0.3 is 5.32 Å². The van der Waals surface area contributed by atoms with Crippen LogP contribution in [-0.4, -0.2) is 23.6 Å². The van der Waals surface area contributed by atoms with Gasteiger partial charge in [0.05, 0.1) is 0 Å². The van der Waals surface area contributed by atoms with E-state index in [1.807, 2.05) is 0 Å². The topological polar surface area (TPSA) is 12.0 Å². The molecule has 0 aromatic rings. The molecule has 17 heavy (non-hydrogen) atoms. The average molecular weight is 255 g/mol. The SMILES string of the molecule is CSC1CCCCC1NC1CC(C)CC(C)C1. The second-order valence-electron chi connectivity index (χ2n) is 6.45. The second-order valence-corrected chi connectivity index (χ2v) is 7.52. The smallest absolute Gasteiger partial charge is 0.0198 e. The third-order valence-corrected chi connectivity index (χ3v) is 5.80. The first-order valence-electron chi connectivity index (χ1n) is 7.48. The van der Waals surface area contributed by atoms with Crippen molar-refractivity contribution >= 4 is 11.8 Å². The quantitative estimate of drug-likeness (QED) is 0.815. The Balaban J connectivity index is 1.85. The van der Waals surface area contributed by atoms with E-state index in [9.17, 15) is 0 Å². The number of rotatable bonds is 3. The van der Waals surface area contributed by atoms with Gasteiger partial charge in [0.15, 0.2) is 0 Å². The minimum absolute atomic E-state index is 0.793. The normalized spacial score (nSPS) is 43.6. The van der Waals surface area contributed by atoms with Crippen LogP contribution in [0.1, 0.15) is 58.8 Å². The van der Waals surface area contributed by atoms with Gasteiger partial charge >= 0.3 is 0 Å². The molecule has 2 rings (SSSR count). The van der Waals surface area contributed by atoms with Crippen molar-refractivity contribution < 1.29 is 0 Å². The number of nitrogens with one attached hydrogen (secondary N) is 1. The standard InChI is InChI=1S/C15H29NS/c1-11-8-12(2)10-13(9-11)16-14-6-4-5-7-15(14)17-3/h11-16H,4-10H2,1-3H3. The predicted molar refractivity (Wildman–Crippen MR) is 78.7 cm³/mol. The van der Waals surface area contributed by atoms with Gasteiger partial charge in [-0.3, -0.25) is 0 Å². The molecule has 2 saturated carbocycles. The van der Waals surface area contributed by atoms with Crippen molar-refractivity contribution in [2.24, 2.45) is 11.8 Å². The largest absolute Gasteiger partial charge is 0.310 e. The zero-order valence-corrected chi connectivity index (χ0v) is 12.6. The average Bonchev–Trinajstić information content (AvgIpc) is 2.28. The molecule has 2 fully saturated rings. The van der Waals surface area contributed by atoms with Crippen LogP contribution in [0.4, 0.5) is 0 Å². The maximum absolute atomic E-state index is 4.00. The van der Waals surface area contributed by atoms with Crippen LogP contribution in [0.25, 0.3) is 0 Å². The molecule has 4 unspecified atom stereocenters. The lowest BCUT2D eigenvalue weighted by atomic mass is 9.79. The van der Waals surface area contributed by atoms with Gasteiger partial charge in [0.25, 0.3) is 0 Å². The minimum Gasteiger partial charge on any atom is -0.310 e. The third-order valence-electron chi connectivity index (χ3n) is 4.63. The molecule has 1 N–H and O–H groups in total. The molecule has 0 aromatic heterocycles. The predicted octanol–water partition coefficient (Wildman–Crippen LogP) is 4.07. The van der Waals surface area contributed by atoms with Gasteiger partial charge in [0, 0.05) is 17.3 Å². The molecule has 0 heterocycles. The third kappa shape index (κ3) is 3.89. The van der Waals surface area contributed by atoms with E-state index in [1.54, 1.807) is 0 Å². The van der Waals surface area contributed by atoms with Crippen LogP contribution in [0.5, 0.6) is 0 Å². The molecule has 0 aromatic carbocycles. The summed E-state index contributed by atoms with van der Waals surface area (Å²) in [6, 6.07) is 1.59. The van der Waals surface area contributed by atoms with Crippen molar-refractivity contribution in [3.05, 3.63) is 0 Å². The second kappa shape index (κ2) is 6.47. The first-order valence-corrected chi connectivity index (χ1v) is 8.76. The highest BCUT2D eigenvalue weighted by Gasteiger charge is 2.29. The summed E-state index contributed by atoms with van der Waals surface area (Å²) in [6.07, 6.45) is 12.3. The van der Waals surface area contributed by atoms with E-state index in [0.717, 1.165) is 29.2 Å². The van der Waals surface area contributed by atoms with E-state index in [0.29, 0.717) is 0 Å². The Morgan fingerprint density at radius 1 is 0.941 bits per heavy atom. The van der Waals surface area contributed by atoms with Crippen LogP contribution in [0.15, 0.2) is 0 Å². The molecule has 0 radical (unpaired) electrons. The lowest BCUT2D eigenvalue weighted by Gasteiger charge is -2.38. The highest BCUT2D eigenvalue weighted by Crippen LogP contribution is 2.32. The lowest BCUT2D eigenvalue weighted by Crippen LogP contribution is -2.48. The number of hydrogen-bond acceptors (Lipinski definition) is 2. The highest BCUT2D eigenvalue weighted by atomic mass is 32.2. The molecule has 0 bridgehead atoms. The van der Waals surface area contributed by atoms with Gasteiger partial charge in [-0.15, -0.1) is 0 Å². The molecule has 0 spiro atoms. The lowest BCUT2D eigenvalue weighted by molar-refractivity contribution is 0.214. The first kappa shape index (κ1) is 13.7. The van der Waals surface area contributed by atoms with E-state index in [2.05, 4.69) is 37.2 Å². The van der Waals surface area contributed by atoms with Crippen LogP contribution in [0, 0.1) is 11.8 Å². The van der Waals surface area contributed by atoms with Crippen molar-refractivity contribution in [2.45, 2.75) is 76.1 Å². The van der Waals surface area contributed by atoms with Crippen LogP contribution in [0.2, 0.25) is 0 Å². The van der Waals surface area contributed by atoms with E-state index in [-0.39, 0.29) is 0 Å². The summed E-state index contributed by atoms with van der Waals surface area (Å²) in [4.78, 5) is 0. The fourth-order valence-corrected chi connectivity index (χ4v) is 4.90. The maximum atomic E-state index is 4.00. The summed E-state index contributed by atoms with van der Waals surface area (Å²) in [5.74, 6) is 1.85. The van der Waals surface area contributed by atoms with Crippen molar-refractivity contribution in [1.29, 1.82) is 0 Å². The Morgan fingerprint density at radius 3 is 2.24 bits per heavy atom. The van der Waals surface area contributed by atoms with E-state index >= 15 is 0 Å². The van der Waals surface area contributed by atoms with Crippen molar-refractivity contribution in [3.63, 3.8) is 0 Å². The van der Waals surface area contributed by atoms with Crippen LogP contribution in [0.3, 0.4) is 0 Å². The Morgan fingerprint density at radius 2 is 1.59 bits per heavy atom. The number of hydrogen-bond donors (Lipinski definition) is 1. The Bertz CT molecular complexity index is 221. The van der Waals surface area contributed by atoms with Gasteiger partial charge in [-0.1, -0.05) is 26.7 Å². The van der Waals surface area contributed by atoms with Crippen molar-refractivity contribution in [1.82, 2.24) is 5.32 Å². The number of thioether (sulfide) groups is 1. The molecule has 2 aliphatic rings. The monoisotopic (exact) mass is 255 g/mol. The summed E-state index contributed by atoms with van der Waals surface area (Å²) in [7, 11) is 0. The van der Waals surface area contributed by atoms with Gasteiger partial charge in [0.1, 0.15) is 0 Å². The molecule has 0 aliphatic heterocycles. The Hall–Kier alpha value is 0.310. The van der Waals surface area contributed by atoms with Gasteiger partial charge in [-0.05, 0) is 50.2 Å². The van der Waals surface area contributed by atoms with Crippen LogP contribution in [-0.2, 0) is 0 Å². The van der Waals surface area contributed by atoms with Crippen LogP contribution < -0.4 is 5.32 Å². The molecule has 4 atom stereocenters. The molecule has 0 amide bonds. The maximum Gasteiger partial charge on any atom is 0.0198 e. The van der Waals surface area contributed by atoms with Gasteiger partial charge in [-0.2, -0.15) is 11.8 Å². The summed E-state index contributed by atoms with van der Waals surface area (Å²) >= 11 is 2.08. The Kier molecular flexibility index (Phi) is 5.23. The zero-order valence-electron chi connectivity index (χ0n) is 11.7. The molecule has 100 valence electrons. The Labute approximate surface area is 112 Å². The zero-order chi connectivity index (χ0) is 12.3. The minimum atomic E-state index is 0.793. The van der Waals surface area contributed by atoms with Gasteiger partial charge in [0.2, 0.25) is 0 Å². The van der Waals surface area contributed by atoms with E-state index < -0.39 is 0 Å². The molecule has 1 nitrogen and oxygen atoms in total. The first-order chi connectivity index (χ1) is 8.19. The summed E-state index contributed by atoms with van der Waals surface area (Å²) in [5, 5.41) is 4.87. The fourth-order valence-electron chi connectivity index (χ4n) is 3.96. The summed E-state index contributed by atoms with van der Waals surface area (Å²) in [5.41, 5.74) is 0. The van der Waals surface area contributed by atoms with E-state index in [1.165, 1.54) is 44.9 Å². The molecular weight excluding hydrogens is 226 g/mol. The van der Waals surface area contributed by atoms with Crippen molar-refractivity contribution in [2.75, 3.05) is 6.26 Å². The van der Waals surface area contributed by atoms with E-state index in [4.69, 9.17) is 0 Å².